The molecule has 0 aromatic heterocycles. The third-order valence-electron chi connectivity index (χ3n) is 2.86. The van der Waals surface area contributed by atoms with E-state index in [4.69, 9.17) is 10.9 Å². The summed E-state index contributed by atoms with van der Waals surface area (Å²) in [6.45, 7) is 2.03. The molecule has 106 valence electrons. The van der Waals surface area contributed by atoms with Crippen molar-refractivity contribution < 1.29 is 5.21 Å². The molecule has 6 heteroatoms. The number of hydrogen-bond acceptors (Lipinski definition) is 4. The Labute approximate surface area is 122 Å². The molecule has 5 nitrogen and oxygen atoms in total. The van der Waals surface area contributed by atoms with Gasteiger partial charge in [-0.1, -0.05) is 5.16 Å². The van der Waals surface area contributed by atoms with E-state index >= 15 is 0 Å². The summed E-state index contributed by atoms with van der Waals surface area (Å²) in [5.41, 5.74) is 7.35. The molecule has 0 aliphatic heterocycles. The maximum absolute atomic E-state index is 8.66. The largest absolute Gasteiger partial charge is 0.409 e. The Morgan fingerprint density at radius 1 is 1.32 bits per heavy atom. The minimum absolute atomic E-state index is 0.113. The van der Waals surface area contributed by atoms with Gasteiger partial charge in [-0.2, -0.15) is 0 Å². The predicted octanol–water partition coefficient (Wildman–Crippen LogP) is 1.93. The number of rotatable bonds is 6. The van der Waals surface area contributed by atoms with Gasteiger partial charge in [0.2, 0.25) is 0 Å². The van der Waals surface area contributed by atoms with E-state index in [-0.39, 0.29) is 5.84 Å². The molecular formula is C13H21BrN4O. The van der Waals surface area contributed by atoms with Gasteiger partial charge >= 0.3 is 0 Å². The van der Waals surface area contributed by atoms with Crippen molar-refractivity contribution in [3.63, 3.8) is 0 Å². The molecule has 19 heavy (non-hydrogen) atoms. The number of benzene rings is 1. The lowest BCUT2D eigenvalue weighted by molar-refractivity contribution is 0.318. The zero-order valence-electron chi connectivity index (χ0n) is 11.6. The minimum Gasteiger partial charge on any atom is -0.409 e. The summed E-state index contributed by atoms with van der Waals surface area (Å²) < 4.78 is 0.934. The molecular weight excluding hydrogens is 308 g/mol. The SMILES string of the molecule is CN(C)CCCN(C)c1ccc(/C(N)=N/O)cc1Br. The van der Waals surface area contributed by atoms with Crippen molar-refractivity contribution in [3.8, 4) is 0 Å². The summed E-state index contributed by atoms with van der Waals surface area (Å²) in [5.74, 6) is 0.113. The first-order chi connectivity index (χ1) is 8.95. The van der Waals surface area contributed by atoms with Crippen LogP contribution in [0.1, 0.15) is 12.0 Å². The summed E-state index contributed by atoms with van der Waals surface area (Å²) in [6.07, 6.45) is 1.10. The van der Waals surface area contributed by atoms with E-state index in [9.17, 15) is 0 Å². The van der Waals surface area contributed by atoms with Crippen molar-refractivity contribution in [2.75, 3.05) is 39.1 Å². The molecule has 0 bridgehead atoms. The van der Waals surface area contributed by atoms with Crippen LogP contribution in [0, 0.1) is 0 Å². The number of halogens is 1. The normalized spacial score (nSPS) is 11.9. The van der Waals surface area contributed by atoms with Crippen molar-refractivity contribution in [3.05, 3.63) is 28.2 Å². The van der Waals surface area contributed by atoms with Crippen LogP contribution in [-0.4, -0.2) is 50.2 Å². The maximum atomic E-state index is 8.66. The summed E-state index contributed by atoms with van der Waals surface area (Å²) in [4.78, 5) is 4.36. The average molecular weight is 329 g/mol. The molecule has 0 fully saturated rings. The van der Waals surface area contributed by atoms with Crippen LogP contribution in [0.5, 0.6) is 0 Å². The Balaban J connectivity index is 2.73. The second-order valence-corrected chi connectivity index (χ2v) is 5.58. The zero-order chi connectivity index (χ0) is 14.4. The fraction of sp³-hybridized carbons (Fsp3) is 0.462. The van der Waals surface area contributed by atoms with Gasteiger partial charge in [-0.05, 0) is 61.2 Å². The summed E-state index contributed by atoms with van der Waals surface area (Å²) in [6, 6.07) is 5.66. The zero-order valence-corrected chi connectivity index (χ0v) is 13.2. The molecule has 1 aromatic carbocycles. The average Bonchev–Trinajstić information content (AvgIpc) is 2.36. The Bertz CT molecular complexity index is 448. The van der Waals surface area contributed by atoms with E-state index in [0.717, 1.165) is 29.7 Å². The molecule has 0 spiro atoms. The third kappa shape index (κ3) is 4.72. The quantitative estimate of drug-likeness (QED) is 0.362. The van der Waals surface area contributed by atoms with E-state index in [2.05, 4.69) is 52.0 Å². The lowest BCUT2D eigenvalue weighted by Gasteiger charge is -2.22. The van der Waals surface area contributed by atoms with Gasteiger partial charge in [0.05, 0.1) is 5.69 Å². The fourth-order valence-electron chi connectivity index (χ4n) is 1.78. The molecule has 0 heterocycles. The monoisotopic (exact) mass is 328 g/mol. The molecule has 0 radical (unpaired) electrons. The molecule has 0 amide bonds. The first-order valence-electron chi connectivity index (χ1n) is 6.09. The van der Waals surface area contributed by atoms with E-state index in [1.165, 1.54) is 0 Å². The summed E-state index contributed by atoms with van der Waals surface area (Å²) >= 11 is 3.52. The number of nitrogens with zero attached hydrogens (tertiary/aromatic N) is 3. The fourth-order valence-corrected chi connectivity index (χ4v) is 2.46. The first-order valence-corrected chi connectivity index (χ1v) is 6.88. The maximum Gasteiger partial charge on any atom is 0.170 e. The second-order valence-electron chi connectivity index (χ2n) is 4.73. The Hall–Kier alpha value is -1.27. The van der Waals surface area contributed by atoms with Gasteiger partial charge in [-0.15, -0.1) is 0 Å². The van der Waals surface area contributed by atoms with E-state index in [0.29, 0.717) is 5.56 Å². The summed E-state index contributed by atoms with van der Waals surface area (Å²) in [5, 5.41) is 11.7. The number of hydrogen-bond donors (Lipinski definition) is 2. The Kier molecular flexibility index (Phi) is 6.11. The standard InChI is InChI=1S/C13H21BrN4O/c1-17(2)7-4-8-18(3)12-6-5-10(9-11(12)14)13(15)16-19/h5-6,9,19H,4,7-8H2,1-3H3,(H2,15,16). The summed E-state index contributed by atoms with van der Waals surface area (Å²) in [7, 11) is 6.20. The van der Waals surface area contributed by atoms with Crippen LogP contribution < -0.4 is 10.6 Å². The molecule has 0 saturated carbocycles. The van der Waals surface area contributed by atoms with Crippen molar-refractivity contribution in [1.82, 2.24) is 4.90 Å². The molecule has 0 saturated heterocycles. The molecule has 3 N–H and O–H groups in total. The Morgan fingerprint density at radius 2 is 2.00 bits per heavy atom. The van der Waals surface area contributed by atoms with Gasteiger partial charge in [-0.3, -0.25) is 0 Å². The van der Waals surface area contributed by atoms with Gasteiger partial charge in [0.15, 0.2) is 5.84 Å². The smallest absolute Gasteiger partial charge is 0.170 e. The number of anilines is 1. The number of nitrogens with two attached hydrogens (primary N) is 1. The highest BCUT2D eigenvalue weighted by molar-refractivity contribution is 9.10. The molecule has 0 atom stereocenters. The van der Waals surface area contributed by atoms with Gasteiger partial charge in [0.25, 0.3) is 0 Å². The second kappa shape index (κ2) is 7.35. The van der Waals surface area contributed by atoms with Crippen molar-refractivity contribution in [2.24, 2.45) is 10.9 Å². The van der Waals surface area contributed by atoms with Crippen LogP contribution in [-0.2, 0) is 0 Å². The minimum atomic E-state index is 0.113. The van der Waals surface area contributed by atoms with Crippen molar-refractivity contribution in [2.45, 2.75) is 6.42 Å². The Morgan fingerprint density at radius 3 is 2.53 bits per heavy atom. The highest BCUT2D eigenvalue weighted by atomic mass is 79.9. The van der Waals surface area contributed by atoms with Crippen molar-refractivity contribution in [1.29, 1.82) is 0 Å². The van der Waals surface area contributed by atoms with E-state index < -0.39 is 0 Å². The highest BCUT2D eigenvalue weighted by Gasteiger charge is 2.08. The highest BCUT2D eigenvalue weighted by Crippen LogP contribution is 2.26. The lowest BCUT2D eigenvalue weighted by atomic mass is 10.2. The lowest BCUT2D eigenvalue weighted by Crippen LogP contribution is -2.23. The topological polar surface area (TPSA) is 65.1 Å². The third-order valence-corrected chi connectivity index (χ3v) is 3.50. The van der Waals surface area contributed by atoms with Gasteiger partial charge in [0, 0.05) is 23.6 Å². The molecule has 1 rings (SSSR count). The number of amidine groups is 1. The van der Waals surface area contributed by atoms with Gasteiger partial charge in [-0.25, -0.2) is 0 Å². The van der Waals surface area contributed by atoms with Gasteiger partial charge < -0.3 is 20.7 Å². The molecule has 0 aliphatic rings. The van der Waals surface area contributed by atoms with Crippen molar-refractivity contribution >= 4 is 27.5 Å². The van der Waals surface area contributed by atoms with E-state index in [1.54, 1.807) is 0 Å². The van der Waals surface area contributed by atoms with E-state index in [1.807, 2.05) is 18.2 Å². The van der Waals surface area contributed by atoms with Crippen LogP contribution >= 0.6 is 15.9 Å². The van der Waals surface area contributed by atoms with Gasteiger partial charge in [0.1, 0.15) is 0 Å². The van der Waals surface area contributed by atoms with Crippen LogP contribution in [0.2, 0.25) is 0 Å². The predicted molar refractivity (Wildman–Crippen MR) is 83.1 cm³/mol. The number of oxime groups is 1. The van der Waals surface area contributed by atoms with Crippen LogP contribution in [0.25, 0.3) is 0 Å². The van der Waals surface area contributed by atoms with Crippen LogP contribution in [0.3, 0.4) is 0 Å². The van der Waals surface area contributed by atoms with Crippen LogP contribution in [0.15, 0.2) is 27.8 Å². The molecule has 1 aromatic rings. The van der Waals surface area contributed by atoms with Crippen LogP contribution in [0.4, 0.5) is 5.69 Å². The molecule has 0 unspecified atom stereocenters. The molecule has 0 aliphatic carbocycles. The first kappa shape index (κ1) is 15.8.